The molecular weight excluding hydrogens is 390 g/mol. The number of aliphatic hydroxyl groups excluding tert-OH is 1. The molecular formula is C30H62NO+. The molecule has 1 fully saturated rings. The van der Waals surface area contributed by atoms with E-state index in [1.54, 1.807) is 0 Å². The summed E-state index contributed by atoms with van der Waals surface area (Å²) in [6.07, 6.45) is 34.5. The van der Waals surface area contributed by atoms with E-state index >= 15 is 0 Å². The predicted molar refractivity (Wildman–Crippen MR) is 143 cm³/mol. The zero-order valence-corrected chi connectivity index (χ0v) is 22.6. The summed E-state index contributed by atoms with van der Waals surface area (Å²) < 4.78 is 1.13. The number of rotatable bonds is 23. The molecule has 1 aliphatic carbocycles. The average Bonchev–Trinajstić information content (AvgIpc) is 2.81. The van der Waals surface area contributed by atoms with Gasteiger partial charge in [-0.05, 0) is 38.5 Å². The summed E-state index contributed by atoms with van der Waals surface area (Å²) in [6, 6.07) is 0.812. The van der Waals surface area contributed by atoms with E-state index in [4.69, 9.17) is 0 Å². The lowest BCUT2D eigenvalue weighted by Crippen LogP contribution is -2.55. The highest BCUT2D eigenvalue weighted by Crippen LogP contribution is 2.27. The van der Waals surface area contributed by atoms with Gasteiger partial charge in [-0.25, -0.2) is 0 Å². The first-order chi connectivity index (χ1) is 15.7. The minimum absolute atomic E-state index is 0.353. The maximum atomic E-state index is 9.58. The van der Waals surface area contributed by atoms with E-state index < -0.39 is 0 Å². The smallest absolute Gasteiger partial charge is 0.102 e. The van der Waals surface area contributed by atoms with Crippen molar-refractivity contribution in [3.63, 3.8) is 0 Å². The van der Waals surface area contributed by atoms with Crippen LogP contribution in [0.15, 0.2) is 0 Å². The molecule has 1 saturated carbocycles. The third kappa shape index (κ3) is 15.7. The molecule has 1 atom stereocenters. The van der Waals surface area contributed by atoms with Gasteiger partial charge in [0.1, 0.15) is 6.54 Å². The van der Waals surface area contributed by atoms with E-state index in [0.717, 1.165) is 17.1 Å². The molecule has 0 aromatic heterocycles. The second kappa shape index (κ2) is 21.5. The van der Waals surface area contributed by atoms with Crippen LogP contribution in [0.2, 0.25) is 0 Å². The Morgan fingerprint density at radius 1 is 0.531 bits per heavy atom. The average molecular weight is 453 g/mol. The summed E-state index contributed by atoms with van der Waals surface area (Å²) in [5.74, 6) is 0. The van der Waals surface area contributed by atoms with Gasteiger partial charge in [0.25, 0.3) is 0 Å². The molecule has 1 rings (SSSR count). The summed E-state index contributed by atoms with van der Waals surface area (Å²) in [4.78, 5) is 0. The van der Waals surface area contributed by atoms with Crippen LogP contribution in [0.25, 0.3) is 0 Å². The summed E-state index contributed by atoms with van der Waals surface area (Å²) in [7, 11) is 2.42. The van der Waals surface area contributed by atoms with Crippen molar-refractivity contribution in [1.82, 2.24) is 0 Å². The van der Waals surface area contributed by atoms with Crippen LogP contribution >= 0.6 is 0 Å². The molecule has 1 N–H and O–H groups in total. The molecule has 1 unspecified atom stereocenters. The Hall–Kier alpha value is -0.0800. The SMILES string of the molecule is CCCCCCCCCCCCCCCCCCCCC[N+](C)(CCO)C1CCCCC1. The molecule has 0 radical (unpaired) electrons. The van der Waals surface area contributed by atoms with E-state index in [1.807, 2.05) is 0 Å². The molecule has 0 saturated heterocycles. The molecule has 0 aromatic carbocycles. The molecule has 0 bridgehead atoms. The van der Waals surface area contributed by atoms with Crippen LogP contribution in [0.5, 0.6) is 0 Å². The number of hydrogen-bond acceptors (Lipinski definition) is 1. The van der Waals surface area contributed by atoms with Crippen LogP contribution in [0.4, 0.5) is 0 Å². The zero-order valence-electron chi connectivity index (χ0n) is 22.6. The van der Waals surface area contributed by atoms with E-state index in [2.05, 4.69) is 14.0 Å². The Bertz CT molecular complexity index is 379. The normalized spacial score (nSPS) is 17.0. The standard InChI is InChI=1S/C30H62NO/c1-3-4-5-6-7-8-9-10-11-12-13-14-15-16-17-18-19-20-24-27-31(2,28-29-32)30-25-22-21-23-26-30/h30,32H,3-29H2,1-2H3/q+1. The number of aliphatic hydroxyl groups is 1. The second-order valence-corrected chi connectivity index (χ2v) is 11.3. The number of unbranched alkanes of at least 4 members (excludes halogenated alkanes) is 18. The van der Waals surface area contributed by atoms with Crippen molar-refractivity contribution >= 4 is 0 Å². The topological polar surface area (TPSA) is 20.2 Å². The van der Waals surface area contributed by atoms with Gasteiger partial charge in [0, 0.05) is 0 Å². The molecule has 0 aliphatic heterocycles. The van der Waals surface area contributed by atoms with Gasteiger partial charge in [0.15, 0.2) is 0 Å². The van der Waals surface area contributed by atoms with Crippen LogP contribution in [-0.4, -0.2) is 42.4 Å². The summed E-state index contributed by atoms with van der Waals surface area (Å²) in [5.41, 5.74) is 0. The largest absolute Gasteiger partial charge is 0.391 e. The highest BCUT2D eigenvalue weighted by molar-refractivity contribution is 4.67. The lowest BCUT2D eigenvalue weighted by molar-refractivity contribution is -0.935. The van der Waals surface area contributed by atoms with Crippen molar-refractivity contribution in [2.45, 2.75) is 167 Å². The fourth-order valence-electron chi connectivity index (χ4n) is 5.96. The number of quaternary nitrogens is 1. The third-order valence-electron chi connectivity index (χ3n) is 8.34. The van der Waals surface area contributed by atoms with Gasteiger partial charge in [0.05, 0.1) is 26.2 Å². The Morgan fingerprint density at radius 2 is 0.906 bits per heavy atom. The monoisotopic (exact) mass is 452 g/mol. The fraction of sp³-hybridized carbons (Fsp3) is 1.00. The van der Waals surface area contributed by atoms with Gasteiger partial charge in [-0.15, -0.1) is 0 Å². The van der Waals surface area contributed by atoms with Crippen LogP contribution in [0, 0.1) is 0 Å². The van der Waals surface area contributed by atoms with Crippen LogP contribution < -0.4 is 0 Å². The fourth-order valence-corrected chi connectivity index (χ4v) is 5.96. The molecule has 32 heavy (non-hydrogen) atoms. The summed E-state index contributed by atoms with van der Waals surface area (Å²) in [5, 5.41) is 9.58. The lowest BCUT2D eigenvalue weighted by atomic mass is 9.92. The van der Waals surface area contributed by atoms with Crippen molar-refractivity contribution in [2.24, 2.45) is 0 Å². The minimum Gasteiger partial charge on any atom is -0.391 e. The van der Waals surface area contributed by atoms with E-state index in [9.17, 15) is 5.11 Å². The Kier molecular flexibility index (Phi) is 20.1. The van der Waals surface area contributed by atoms with Crippen molar-refractivity contribution in [1.29, 1.82) is 0 Å². The highest BCUT2D eigenvalue weighted by atomic mass is 16.3. The first-order valence-electron chi connectivity index (χ1n) is 15.2. The van der Waals surface area contributed by atoms with E-state index in [0.29, 0.717) is 6.61 Å². The van der Waals surface area contributed by atoms with Gasteiger partial charge >= 0.3 is 0 Å². The second-order valence-electron chi connectivity index (χ2n) is 11.3. The van der Waals surface area contributed by atoms with Crippen molar-refractivity contribution in [2.75, 3.05) is 26.7 Å². The summed E-state index contributed by atoms with van der Waals surface area (Å²) in [6.45, 7) is 4.90. The molecule has 0 amide bonds. The predicted octanol–water partition coefficient (Wildman–Crippen LogP) is 9.19. The maximum absolute atomic E-state index is 9.58. The molecule has 1 aliphatic rings. The third-order valence-corrected chi connectivity index (χ3v) is 8.34. The maximum Gasteiger partial charge on any atom is 0.102 e. The number of hydrogen-bond donors (Lipinski definition) is 1. The van der Waals surface area contributed by atoms with E-state index in [-0.39, 0.29) is 0 Å². The van der Waals surface area contributed by atoms with Gasteiger partial charge in [-0.3, -0.25) is 0 Å². The van der Waals surface area contributed by atoms with Crippen LogP contribution in [0.1, 0.15) is 161 Å². The molecule has 192 valence electrons. The van der Waals surface area contributed by atoms with Gasteiger partial charge in [0.2, 0.25) is 0 Å². The van der Waals surface area contributed by atoms with Crippen LogP contribution in [0.3, 0.4) is 0 Å². The molecule has 0 spiro atoms. The Labute approximate surface area is 203 Å². The Morgan fingerprint density at radius 3 is 1.28 bits per heavy atom. The van der Waals surface area contributed by atoms with Crippen molar-refractivity contribution in [3.05, 3.63) is 0 Å². The van der Waals surface area contributed by atoms with Crippen LogP contribution in [-0.2, 0) is 0 Å². The molecule has 2 nitrogen and oxygen atoms in total. The van der Waals surface area contributed by atoms with Gasteiger partial charge < -0.3 is 9.59 Å². The minimum atomic E-state index is 0.353. The number of nitrogens with zero attached hydrogens (tertiary/aromatic N) is 1. The zero-order chi connectivity index (χ0) is 23.2. The molecule has 0 heterocycles. The highest BCUT2D eigenvalue weighted by Gasteiger charge is 2.32. The van der Waals surface area contributed by atoms with Crippen molar-refractivity contribution in [3.8, 4) is 0 Å². The number of likely N-dealkylation sites (N-methyl/N-ethyl adjacent to an activating group) is 1. The van der Waals surface area contributed by atoms with Gasteiger partial charge in [-0.1, -0.05) is 122 Å². The van der Waals surface area contributed by atoms with Crippen molar-refractivity contribution < 1.29 is 9.59 Å². The molecule has 0 aromatic rings. The lowest BCUT2D eigenvalue weighted by Gasteiger charge is -2.43. The first-order valence-corrected chi connectivity index (χ1v) is 15.2. The molecule has 2 heteroatoms. The quantitative estimate of drug-likeness (QED) is 0.121. The van der Waals surface area contributed by atoms with Gasteiger partial charge in [-0.2, -0.15) is 0 Å². The Balaban J connectivity index is 1.83. The summed E-state index contributed by atoms with van der Waals surface area (Å²) >= 11 is 0. The first kappa shape index (κ1) is 30.0. The van der Waals surface area contributed by atoms with E-state index in [1.165, 1.54) is 161 Å².